The Kier molecular flexibility index (Phi) is 4.74. The number of carboxylic acid groups (broad SMARTS) is 1. The molecule has 0 fully saturated rings. The van der Waals surface area contributed by atoms with Crippen LogP contribution in [0.5, 0.6) is 0 Å². The number of carboxylic acids is 1. The van der Waals surface area contributed by atoms with E-state index in [1.54, 1.807) is 6.26 Å². The summed E-state index contributed by atoms with van der Waals surface area (Å²) in [5.74, 6) is -0.849. The lowest BCUT2D eigenvalue weighted by Crippen LogP contribution is -2.07. The van der Waals surface area contributed by atoms with Crippen LogP contribution in [0.25, 0.3) is 0 Å². The largest absolute Gasteiger partial charge is 0.481 e. The highest BCUT2D eigenvalue weighted by Gasteiger charge is 1.93. The van der Waals surface area contributed by atoms with Crippen molar-refractivity contribution in [2.24, 2.45) is 10.7 Å². The second-order valence-electron chi connectivity index (χ2n) is 1.57. The topological polar surface area (TPSA) is 75.7 Å². The predicted octanol–water partition coefficient (Wildman–Crippen LogP) is 0.139. The zero-order valence-corrected chi connectivity index (χ0v) is 6.52. The van der Waals surface area contributed by atoms with E-state index >= 15 is 0 Å². The van der Waals surface area contributed by atoms with Crippen molar-refractivity contribution in [3.8, 4) is 0 Å². The van der Waals surface area contributed by atoms with Gasteiger partial charge in [-0.1, -0.05) is 11.8 Å². The van der Waals surface area contributed by atoms with Crippen molar-refractivity contribution in [2.75, 3.05) is 12.8 Å². The molecule has 0 amide bonds. The number of aliphatic carboxylic acids is 1. The molecule has 0 aromatic heterocycles. The number of hydrogen-bond donors (Lipinski definition) is 2. The number of nitrogens with zero attached hydrogens (tertiary/aromatic N) is 1. The van der Waals surface area contributed by atoms with Crippen LogP contribution in [0.15, 0.2) is 4.99 Å². The first-order chi connectivity index (χ1) is 4.66. The van der Waals surface area contributed by atoms with E-state index in [1.807, 2.05) is 0 Å². The molecular weight excluding hydrogens is 152 g/mol. The van der Waals surface area contributed by atoms with Crippen LogP contribution in [-0.2, 0) is 4.79 Å². The van der Waals surface area contributed by atoms with Crippen LogP contribution in [0, 0.1) is 0 Å². The zero-order chi connectivity index (χ0) is 7.98. The lowest BCUT2D eigenvalue weighted by molar-refractivity contribution is -0.136. The van der Waals surface area contributed by atoms with Gasteiger partial charge >= 0.3 is 5.97 Å². The van der Waals surface area contributed by atoms with Gasteiger partial charge in [0.2, 0.25) is 0 Å². The van der Waals surface area contributed by atoms with Gasteiger partial charge in [-0.3, -0.25) is 9.79 Å². The van der Waals surface area contributed by atoms with Gasteiger partial charge in [0.25, 0.3) is 0 Å². The summed E-state index contributed by atoms with van der Waals surface area (Å²) < 4.78 is 0. The fourth-order valence-electron chi connectivity index (χ4n) is 0.326. The number of carbonyl (C=O) groups is 1. The van der Waals surface area contributed by atoms with Crippen LogP contribution in [0.1, 0.15) is 6.42 Å². The monoisotopic (exact) mass is 162 g/mol. The van der Waals surface area contributed by atoms with E-state index in [4.69, 9.17) is 10.8 Å². The smallest absolute Gasteiger partial charge is 0.305 e. The highest BCUT2D eigenvalue weighted by molar-refractivity contribution is 8.13. The minimum atomic E-state index is -0.849. The molecule has 58 valence electrons. The van der Waals surface area contributed by atoms with Gasteiger partial charge in [0.1, 0.15) is 0 Å². The zero-order valence-electron chi connectivity index (χ0n) is 5.70. The molecule has 0 saturated carbocycles. The molecule has 0 aromatic carbocycles. The lowest BCUT2D eigenvalue weighted by Gasteiger charge is -1.92. The number of hydrogen-bond acceptors (Lipinski definition) is 3. The Morgan fingerprint density at radius 3 is 2.80 bits per heavy atom. The minimum Gasteiger partial charge on any atom is -0.481 e. The number of thioether (sulfide) groups is 1. The SMILES string of the molecule is CSC(N)=NCCC(=O)O. The highest BCUT2D eigenvalue weighted by atomic mass is 32.2. The summed E-state index contributed by atoms with van der Waals surface area (Å²) in [6, 6.07) is 0. The van der Waals surface area contributed by atoms with Crippen molar-refractivity contribution in [1.82, 2.24) is 0 Å². The average Bonchev–Trinajstić information content (AvgIpc) is 1.87. The first-order valence-corrected chi connectivity index (χ1v) is 3.95. The number of rotatable bonds is 3. The van der Waals surface area contributed by atoms with Crippen molar-refractivity contribution >= 4 is 22.9 Å². The Labute approximate surface area is 63.5 Å². The van der Waals surface area contributed by atoms with Gasteiger partial charge in [-0.2, -0.15) is 0 Å². The van der Waals surface area contributed by atoms with Crippen LogP contribution in [0.2, 0.25) is 0 Å². The molecule has 0 spiro atoms. The molecule has 0 heterocycles. The molecule has 10 heavy (non-hydrogen) atoms. The Bertz CT molecular complexity index is 147. The summed E-state index contributed by atoms with van der Waals surface area (Å²) in [7, 11) is 0. The van der Waals surface area contributed by atoms with E-state index < -0.39 is 5.97 Å². The van der Waals surface area contributed by atoms with E-state index in [-0.39, 0.29) is 13.0 Å². The molecule has 0 aliphatic heterocycles. The van der Waals surface area contributed by atoms with Gasteiger partial charge in [0, 0.05) is 0 Å². The van der Waals surface area contributed by atoms with Gasteiger partial charge in [0.15, 0.2) is 5.17 Å². The molecule has 0 radical (unpaired) electrons. The molecule has 0 bridgehead atoms. The molecule has 0 aliphatic carbocycles. The third kappa shape index (κ3) is 5.43. The third-order valence-electron chi connectivity index (χ3n) is 0.802. The Morgan fingerprint density at radius 2 is 2.40 bits per heavy atom. The molecule has 0 atom stereocenters. The standard InChI is InChI=1S/C5H10N2O2S/c1-10-5(6)7-3-2-4(8)9/h2-3H2,1H3,(H2,6,7)(H,8,9). The Balaban J connectivity index is 3.43. The van der Waals surface area contributed by atoms with Crippen LogP contribution in [-0.4, -0.2) is 29.0 Å². The van der Waals surface area contributed by atoms with E-state index in [0.717, 1.165) is 0 Å². The molecule has 0 aliphatic rings. The number of aliphatic imine (C=N–C) groups is 1. The fourth-order valence-corrected chi connectivity index (χ4v) is 0.547. The van der Waals surface area contributed by atoms with Crippen LogP contribution >= 0.6 is 11.8 Å². The fraction of sp³-hybridized carbons (Fsp3) is 0.600. The van der Waals surface area contributed by atoms with E-state index in [1.165, 1.54) is 11.8 Å². The maximum absolute atomic E-state index is 9.95. The third-order valence-corrected chi connectivity index (χ3v) is 1.35. The predicted molar refractivity (Wildman–Crippen MR) is 42.3 cm³/mol. The summed E-state index contributed by atoms with van der Waals surface area (Å²) in [5, 5.41) is 8.61. The van der Waals surface area contributed by atoms with E-state index in [0.29, 0.717) is 5.17 Å². The molecule has 5 heteroatoms. The first kappa shape index (κ1) is 9.29. The molecule has 3 N–H and O–H groups in total. The lowest BCUT2D eigenvalue weighted by atomic mass is 10.4. The summed E-state index contributed by atoms with van der Waals surface area (Å²) in [4.78, 5) is 13.7. The summed E-state index contributed by atoms with van der Waals surface area (Å²) in [5.41, 5.74) is 5.28. The Hall–Kier alpha value is -0.710. The van der Waals surface area contributed by atoms with Crippen LogP contribution in [0.3, 0.4) is 0 Å². The Morgan fingerprint density at radius 1 is 1.80 bits per heavy atom. The first-order valence-electron chi connectivity index (χ1n) is 2.72. The number of amidine groups is 1. The summed E-state index contributed by atoms with van der Waals surface area (Å²) in [6.07, 6.45) is 1.83. The van der Waals surface area contributed by atoms with Gasteiger partial charge in [-0.25, -0.2) is 0 Å². The molecule has 0 rings (SSSR count). The van der Waals surface area contributed by atoms with Crippen molar-refractivity contribution in [3.63, 3.8) is 0 Å². The summed E-state index contributed by atoms with van der Waals surface area (Å²) in [6.45, 7) is 0.266. The maximum atomic E-state index is 9.95. The van der Waals surface area contributed by atoms with Crippen molar-refractivity contribution in [2.45, 2.75) is 6.42 Å². The second kappa shape index (κ2) is 5.10. The van der Waals surface area contributed by atoms with E-state index in [9.17, 15) is 4.79 Å². The van der Waals surface area contributed by atoms with Crippen LogP contribution in [0.4, 0.5) is 0 Å². The van der Waals surface area contributed by atoms with Gasteiger partial charge < -0.3 is 10.8 Å². The van der Waals surface area contributed by atoms with Crippen molar-refractivity contribution in [3.05, 3.63) is 0 Å². The van der Waals surface area contributed by atoms with Crippen molar-refractivity contribution in [1.29, 1.82) is 0 Å². The van der Waals surface area contributed by atoms with Gasteiger partial charge in [-0.15, -0.1) is 0 Å². The van der Waals surface area contributed by atoms with Gasteiger partial charge in [-0.05, 0) is 6.26 Å². The van der Waals surface area contributed by atoms with Crippen molar-refractivity contribution < 1.29 is 9.90 Å². The average molecular weight is 162 g/mol. The summed E-state index contributed by atoms with van der Waals surface area (Å²) >= 11 is 1.31. The molecular formula is C5H10N2O2S. The maximum Gasteiger partial charge on any atom is 0.305 e. The molecule has 0 unspecified atom stereocenters. The molecule has 0 aromatic rings. The quantitative estimate of drug-likeness (QED) is 0.457. The normalized spacial score (nSPS) is 11.5. The molecule has 4 nitrogen and oxygen atoms in total. The highest BCUT2D eigenvalue weighted by Crippen LogP contribution is 1.91. The number of nitrogens with two attached hydrogens (primary N) is 1. The molecule has 0 saturated heterocycles. The van der Waals surface area contributed by atoms with E-state index in [2.05, 4.69) is 4.99 Å². The van der Waals surface area contributed by atoms with Crippen LogP contribution < -0.4 is 5.73 Å². The second-order valence-corrected chi connectivity index (χ2v) is 2.39. The minimum absolute atomic E-state index is 0.0429. The van der Waals surface area contributed by atoms with Gasteiger partial charge in [0.05, 0.1) is 13.0 Å².